The highest BCUT2D eigenvalue weighted by molar-refractivity contribution is 6.32. The standard InChI is InChI=1S/C5H5BO/c1-4-2-5(6)3-7-4/h2-3H,1H3. The first kappa shape index (κ1) is 4.50. The molecule has 1 aromatic rings. The summed E-state index contributed by atoms with van der Waals surface area (Å²) in [6, 6.07) is 1.78. The molecule has 0 spiro atoms. The van der Waals surface area contributed by atoms with Gasteiger partial charge >= 0.3 is 0 Å². The lowest BCUT2D eigenvalue weighted by Gasteiger charge is -1.69. The third-order valence-corrected chi connectivity index (χ3v) is 0.751. The average Bonchev–Trinajstić information content (AvgIpc) is 1.87. The Labute approximate surface area is 43.7 Å². The van der Waals surface area contributed by atoms with Gasteiger partial charge in [0.25, 0.3) is 0 Å². The number of rotatable bonds is 0. The number of furan rings is 1. The van der Waals surface area contributed by atoms with E-state index >= 15 is 0 Å². The van der Waals surface area contributed by atoms with Crippen LogP contribution in [0.4, 0.5) is 0 Å². The van der Waals surface area contributed by atoms with Gasteiger partial charge in [-0.25, -0.2) is 0 Å². The predicted octanol–water partition coefficient (Wildman–Crippen LogP) is 0.382. The van der Waals surface area contributed by atoms with Gasteiger partial charge in [-0.1, -0.05) is 5.46 Å². The molecule has 1 rings (SSSR count). The lowest BCUT2D eigenvalue weighted by molar-refractivity contribution is 0.535. The van der Waals surface area contributed by atoms with Gasteiger partial charge in [0.2, 0.25) is 0 Å². The summed E-state index contributed by atoms with van der Waals surface area (Å²) in [7, 11) is 5.28. The summed E-state index contributed by atoms with van der Waals surface area (Å²) in [5.74, 6) is 0.859. The molecule has 0 aromatic carbocycles. The maximum Gasteiger partial charge on any atom is 0.118 e. The molecule has 2 radical (unpaired) electrons. The highest BCUT2D eigenvalue weighted by atomic mass is 16.3. The fourth-order valence-electron chi connectivity index (χ4n) is 0.464. The summed E-state index contributed by atoms with van der Waals surface area (Å²) in [5.41, 5.74) is 0.692. The number of aryl methyl sites for hydroxylation is 1. The van der Waals surface area contributed by atoms with Gasteiger partial charge in [-0.3, -0.25) is 0 Å². The average molecular weight is 91.9 g/mol. The lowest BCUT2D eigenvalue weighted by atomic mass is 10.0. The highest BCUT2D eigenvalue weighted by Crippen LogP contribution is 1.90. The zero-order valence-electron chi connectivity index (χ0n) is 4.14. The molecule has 0 bridgehead atoms. The molecule has 2 heteroatoms. The van der Waals surface area contributed by atoms with Crippen LogP contribution < -0.4 is 5.46 Å². The van der Waals surface area contributed by atoms with E-state index in [0.717, 1.165) is 5.76 Å². The van der Waals surface area contributed by atoms with E-state index in [1.54, 1.807) is 6.07 Å². The summed E-state index contributed by atoms with van der Waals surface area (Å²) >= 11 is 0. The Bertz CT molecular complexity index is 140. The Balaban J connectivity index is 3.04. The van der Waals surface area contributed by atoms with Crippen LogP contribution in [0.5, 0.6) is 0 Å². The topological polar surface area (TPSA) is 13.1 Å². The van der Waals surface area contributed by atoms with Crippen LogP contribution >= 0.6 is 0 Å². The van der Waals surface area contributed by atoms with Crippen molar-refractivity contribution in [3.05, 3.63) is 18.1 Å². The largest absolute Gasteiger partial charge is 0.470 e. The minimum absolute atomic E-state index is 0.692. The lowest BCUT2D eigenvalue weighted by Crippen LogP contribution is -1.92. The van der Waals surface area contributed by atoms with E-state index in [0.29, 0.717) is 5.46 Å². The van der Waals surface area contributed by atoms with E-state index < -0.39 is 0 Å². The van der Waals surface area contributed by atoms with Crippen molar-refractivity contribution in [1.82, 2.24) is 0 Å². The van der Waals surface area contributed by atoms with Gasteiger partial charge in [0, 0.05) is 0 Å². The SMILES string of the molecule is [B]c1coc(C)c1. The second kappa shape index (κ2) is 1.45. The zero-order valence-corrected chi connectivity index (χ0v) is 4.14. The third kappa shape index (κ3) is 0.859. The van der Waals surface area contributed by atoms with Crippen LogP contribution in [0.1, 0.15) is 5.76 Å². The summed E-state index contributed by atoms with van der Waals surface area (Å²) in [5, 5.41) is 0. The minimum atomic E-state index is 0.692. The van der Waals surface area contributed by atoms with Gasteiger partial charge in [-0.05, 0) is 13.0 Å². The van der Waals surface area contributed by atoms with Crippen LogP contribution in [0, 0.1) is 6.92 Å². The van der Waals surface area contributed by atoms with E-state index in [2.05, 4.69) is 0 Å². The van der Waals surface area contributed by atoms with Gasteiger partial charge < -0.3 is 4.42 Å². The van der Waals surface area contributed by atoms with Crippen LogP contribution in [0.2, 0.25) is 0 Å². The molecule has 0 unspecified atom stereocenters. The van der Waals surface area contributed by atoms with Gasteiger partial charge in [0.05, 0.1) is 12.0 Å². The Hall–Kier alpha value is -0.655. The quantitative estimate of drug-likeness (QED) is 0.421. The summed E-state index contributed by atoms with van der Waals surface area (Å²) in [6.07, 6.45) is 1.52. The van der Waals surface area contributed by atoms with Crippen LogP contribution in [0.3, 0.4) is 0 Å². The third-order valence-electron chi connectivity index (χ3n) is 0.751. The van der Waals surface area contributed by atoms with Gasteiger partial charge in [0.1, 0.15) is 7.85 Å². The normalized spacial score (nSPS) is 9.29. The molecule has 0 atom stereocenters. The first-order valence-electron chi connectivity index (χ1n) is 2.09. The first-order chi connectivity index (χ1) is 3.29. The van der Waals surface area contributed by atoms with Crippen LogP contribution in [-0.4, -0.2) is 7.85 Å². The van der Waals surface area contributed by atoms with Crippen molar-refractivity contribution in [2.75, 3.05) is 0 Å². The number of hydrogen-bond donors (Lipinski definition) is 0. The Morgan fingerprint density at radius 2 is 2.43 bits per heavy atom. The molecule has 0 aliphatic heterocycles. The van der Waals surface area contributed by atoms with Crippen molar-refractivity contribution in [2.45, 2.75) is 6.92 Å². The molecule has 0 aliphatic carbocycles. The maximum absolute atomic E-state index is 5.28. The molecule has 0 amide bonds. The van der Waals surface area contributed by atoms with Crippen molar-refractivity contribution < 1.29 is 4.42 Å². The van der Waals surface area contributed by atoms with E-state index in [4.69, 9.17) is 12.3 Å². The van der Waals surface area contributed by atoms with Crippen molar-refractivity contribution in [3.8, 4) is 0 Å². The monoisotopic (exact) mass is 92.0 g/mol. The van der Waals surface area contributed by atoms with Crippen molar-refractivity contribution in [2.24, 2.45) is 0 Å². The molecule has 1 nitrogen and oxygen atoms in total. The smallest absolute Gasteiger partial charge is 0.118 e. The zero-order chi connectivity index (χ0) is 5.28. The Morgan fingerprint density at radius 3 is 2.57 bits per heavy atom. The fraction of sp³-hybridized carbons (Fsp3) is 0.200. The van der Waals surface area contributed by atoms with Crippen LogP contribution in [0.15, 0.2) is 16.7 Å². The Kier molecular flexibility index (Phi) is 0.932. The molecule has 1 aromatic heterocycles. The predicted molar refractivity (Wildman–Crippen MR) is 28.8 cm³/mol. The van der Waals surface area contributed by atoms with E-state index in [1.807, 2.05) is 6.92 Å². The highest BCUT2D eigenvalue weighted by Gasteiger charge is 1.85. The Morgan fingerprint density at radius 1 is 1.71 bits per heavy atom. The summed E-state index contributed by atoms with van der Waals surface area (Å²) in [4.78, 5) is 0. The molecular formula is C5H5BO. The molecule has 0 saturated heterocycles. The fourth-order valence-corrected chi connectivity index (χ4v) is 0.464. The van der Waals surface area contributed by atoms with Gasteiger partial charge in [0.15, 0.2) is 0 Å². The van der Waals surface area contributed by atoms with Gasteiger partial charge in [-0.2, -0.15) is 0 Å². The van der Waals surface area contributed by atoms with Crippen molar-refractivity contribution in [1.29, 1.82) is 0 Å². The number of hydrogen-bond acceptors (Lipinski definition) is 1. The first-order valence-corrected chi connectivity index (χ1v) is 2.09. The van der Waals surface area contributed by atoms with E-state index in [9.17, 15) is 0 Å². The molecule has 7 heavy (non-hydrogen) atoms. The van der Waals surface area contributed by atoms with E-state index in [-0.39, 0.29) is 0 Å². The second-order valence-corrected chi connectivity index (χ2v) is 1.49. The van der Waals surface area contributed by atoms with Crippen LogP contribution in [0.25, 0.3) is 0 Å². The van der Waals surface area contributed by atoms with Crippen LogP contribution in [-0.2, 0) is 0 Å². The molecular weight excluding hydrogens is 86.9 g/mol. The maximum atomic E-state index is 5.28. The summed E-state index contributed by atoms with van der Waals surface area (Å²) in [6.45, 7) is 1.86. The minimum Gasteiger partial charge on any atom is -0.470 e. The molecule has 0 fully saturated rings. The molecule has 0 saturated carbocycles. The van der Waals surface area contributed by atoms with Crippen molar-refractivity contribution in [3.63, 3.8) is 0 Å². The molecule has 0 aliphatic rings. The summed E-state index contributed by atoms with van der Waals surface area (Å²) < 4.78 is 4.84. The molecule has 0 N–H and O–H groups in total. The molecule has 34 valence electrons. The molecule has 1 heterocycles. The second-order valence-electron chi connectivity index (χ2n) is 1.49. The van der Waals surface area contributed by atoms with Gasteiger partial charge in [-0.15, -0.1) is 0 Å². The van der Waals surface area contributed by atoms with E-state index in [1.165, 1.54) is 6.26 Å². The van der Waals surface area contributed by atoms with Crippen molar-refractivity contribution >= 4 is 13.3 Å².